The van der Waals surface area contributed by atoms with Crippen LogP contribution in [-0.2, 0) is 4.74 Å². The third kappa shape index (κ3) is 9.63. The van der Waals surface area contributed by atoms with Gasteiger partial charge >= 0.3 is 6.09 Å². The van der Waals surface area contributed by atoms with E-state index in [1.807, 2.05) is 0 Å². The first-order chi connectivity index (χ1) is 6.81. The predicted octanol–water partition coefficient (Wildman–Crippen LogP) is -0.179. The van der Waals surface area contributed by atoms with Crippen LogP contribution in [0.4, 0.5) is 4.79 Å². The third-order valence-electron chi connectivity index (χ3n) is 1.29. The summed E-state index contributed by atoms with van der Waals surface area (Å²) >= 11 is 1.66. The second kappa shape index (κ2) is 10.6. The largest absolute Gasteiger partial charge is 0.447 e. The molecule has 0 saturated heterocycles. The second-order valence-electron chi connectivity index (χ2n) is 2.48. The number of carbonyl (C=O) groups excluding carboxylic acids is 1. The quantitative estimate of drug-likeness (QED) is 0.498. The van der Waals surface area contributed by atoms with Gasteiger partial charge in [0.1, 0.15) is 6.61 Å². The van der Waals surface area contributed by atoms with Crippen LogP contribution in [0, 0.1) is 0 Å². The molecule has 0 aromatic rings. The Hall–Kier alpha value is -0.460. The molecule has 3 N–H and O–H groups in total. The van der Waals surface area contributed by atoms with Gasteiger partial charge in [0, 0.05) is 18.9 Å². The number of ether oxygens (including phenoxy) is 1. The van der Waals surface area contributed by atoms with Crippen LogP contribution < -0.4 is 5.32 Å². The van der Waals surface area contributed by atoms with Gasteiger partial charge in [0.2, 0.25) is 0 Å². The minimum absolute atomic E-state index is 0.0312. The Morgan fingerprint density at radius 2 is 2.07 bits per heavy atom. The van der Waals surface area contributed by atoms with Gasteiger partial charge in [0.05, 0.1) is 6.61 Å². The van der Waals surface area contributed by atoms with E-state index < -0.39 is 6.09 Å². The van der Waals surface area contributed by atoms with E-state index in [-0.39, 0.29) is 19.8 Å². The molecule has 0 saturated carbocycles. The number of hydrogen-bond acceptors (Lipinski definition) is 5. The molecule has 0 aliphatic carbocycles. The maximum atomic E-state index is 10.8. The van der Waals surface area contributed by atoms with Crippen molar-refractivity contribution in [3.05, 3.63) is 0 Å². The summed E-state index contributed by atoms with van der Waals surface area (Å²) in [6.45, 7) is 0.626. The minimum Gasteiger partial charge on any atom is -0.447 e. The smallest absolute Gasteiger partial charge is 0.407 e. The summed E-state index contributed by atoms with van der Waals surface area (Å²) in [5, 5.41) is 19.4. The summed E-state index contributed by atoms with van der Waals surface area (Å²) in [5.74, 6) is 1.69. The Morgan fingerprint density at radius 3 is 2.71 bits per heavy atom. The number of nitrogens with one attached hydrogen (secondary N) is 1. The first kappa shape index (κ1) is 13.5. The molecule has 0 unspecified atom stereocenters. The number of thioether (sulfide) groups is 1. The number of carbonyl (C=O) groups is 1. The van der Waals surface area contributed by atoms with E-state index in [2.05, 4.69) is 10.1 Å². The normalized spacial score (nSPS) is 9.86. The van der Waals surface area contributed by atoms with E-state index in [9.17, 15) is 4.79 Å². The molecule has 0 radical (unpaired) electrons. The molecule has 14 heavy (non-hydrogen) atoms. The van der Waals surface area contributed by atoms with Gasteiger partial charge in [-0.2, -0.15) is 11.8 Å². The lowest BCUT2D eigenvalue weighted by atomic mass is 10.5. The fourth-order valence-electron chi connectivity index (χ4n) is 0.683. The topological polar surface area (TPSA) is 78.8 Å². The van der Waals surface area contributed by atoms with Gasteiger partial charge in [0.15, 0.2) is 0 Å². The van der Waals surface area contributed by atoms with Gasteiger partial charge < -0.3 is 20.3 Å². The molecule has 0 aliphatic heterocycles. The molecular weight excluding hydrogens is 206 g/mol. The average molecular weight is 223 g/mol. The zero-order valence-corrected chi connectivity index (χ0v) is 8.89. The molecular formula is C8H17NO4S. The van der Waals surface area contributed by atoms with E-state index in [1.54, 1.807) is 11.8 Å². The van der Waals surface area contributed by atoms with Crippen LogP contribution in [0.1, 0.15) is 6.42 Å². The van der Waals surface area contributed by atoms with E-state index in [0.29, 0.717) is 6.54 Å². The Bertz CT molecular complexity index is 145. The minimum atomic E-state index is -0.498. The SMILES string of the molecule is O=C(NCCSCCCO)OCCO. The number of alkyl carbamates (subject to hydrolysis) is 1. The fraction of sp³-hybridized carbons (Fsp3) is 0.875. The molecule has 0 atom stereocenters. The van der Waals surface area contributed by atoms with Gasteiger partial charge in [-0.05, 0) is 12.2 Å². The number of amides is 1. The molecule has 0 rings (SSSR count). The highest BCUT2D eigenvalue weighted by molar-refractivity contribution is 7.99. The van der Waals surface area contributed by atoms with Crippen LogP contribution in [0.3, 0.4) is 0 Å². The van der Waals surface area contributed by atoms with E-state index in [1.165, 1.54) is 0 Å². The summed E-state index contributed by atoms with van der Waals surface area (Å²) in [4.78, 5) is 10.8. The lowest BCUT2D eigenvalue weighted by Gasteiger charge is -2.05. The van der Waals surface area contributed by atoms with Crippen molar-refractivity contribution in [2.75, 3.05) is 37.9 Å². The van der Waals surface area contributed by atoms with Crippen LogP contribution in [0.2, 0.25) is 0 Å². The molecule has 0 aliphatic rings. The number of rotatable bonds is 8. The highest BCUT2D eigenvalue weighted by Gasteiger charge is 1.98. The van der Waals surface area contributed by atoms with Gasteiger partial charge in [0.25, 0.3) is 0 Å². The Kier molecular flexibility index (Phi) is 10.3. The second-order valence-corrected chi connectivity index (χ2v) is 3.70. The maximum Gasteiger partial charge on any atom is 0.407 e. The molecule has 84 valence electrons. The number of hydrogen-bond donors (Lipinski definition) is 3. The van der Waals surface area contributed by atoms with Crippen molar-refractivity contribution < 1.29 is 19.7 Å². The van der Waals surface area contributed by atoms with E-state index >= 15 is 0 Å². The maximum absolute atomic E-state index is 10.8. The Labute approximate surface area is 87.8 Å². The molecule has 5 nitrogen and oxygen atoms in total. The molecule has 0 fully saturated rings. The van der Waals surface area contributed by atoms with Crippen molar-refractivity contribution in [2.24, 2.45) is 0 Å². The third-order valence-corrected chi connectivity index (χ3v) is 2.36. The Balaban J connectivity index is 3.07. The molecule has 0 aromatic carbocycles. The van der Waals surface area contributed by atoms with Crippen LogP contribution >= 0.6 is 11.8 Å². The predicted molar refractivity (Wildman–Crippen MR) is 55.5 cm³/mol. The van der Waals surface area contributed by atoms with Crippen molar-refractivity contribution in [2.45, 2.75) is 6.42 Å². The zero-order chi connectivity index (χ0) is 10.6. The summed E-state index contributed by atoms with van der Waals surface area (Å²) in [5.41, 5.74) is 0. The van der Waals surface area contributed by atoms with Crippen molar-refractivity contribution in [3.63, 3.8) is 0 Å². The monoisotopic (exact) mass is 223 g/mol. The number of aliphatic hydroxyl groups excluding tert-OH is 2. The molecule has 0 heterocycles. The lowest BCUT2D eigenvalue weighted by Crippen LogP contribution is -2.27. The molecule has 6 heteroatoms. The highest BCUT2D eigenvalue weighted by atomic mass is 32.2. The zero-order valence-electron chi connectivity index (χ0n) is 8.07. The lowest BCUT2D eigenvalue weighted by molar-refractivity contribution is 0.119. The van der Waals surface area contributed by atoms with Gasteiger partial charge in [-0.25, -0.2) is 4.79 Å². The van der Waals surface area contributed by atoms with Crippen LogP contribution in [0.5, 0.6) is 0 Å². The fourth-order valence-corrected chi connectivity index (χ4v) is 1.47. The van der Waals surface area contributed by atoms with Gasteiger partial charge in [-0.1, -0.05) is 0 Å². The number of aliphatic hydroxyl groups is 2. The average Bonchev–Trinajstić information content (AvgIpc) is 2.20. The summed E-state index contributed by atoms with van der Waals surface area (Å²) in [6.07, 6.45) is 0.279. The first-order valence-corrected chi connectivity index (χ1v) is 5.66. The van der Waals surface area contributed by atoms with Crippen molar-refractivity contribution in [1.29, 1.82) is 0 Å². The summed E-state index contributed by atoms with van der Waals surface area (Å²) in [6, 6.07) is 0. The molecule has 0 aromatic heterocycles. The summed E-state index contributed by atoms with van der Waals surface area (Å²) in [7, 11) is 0. The van der Waals surface area contributed by atoms with Gasteiger partial charge in [-0.3, -0.25) is 0 Å². The van der Waals surface area contributed by atoms with Crippen LogP contribution in [0.15, 0.2) is 0 Å². The molecule has 0 spiro atoms. The standard InChI is InChI=1S/C8H17NO4S/c10-3-1-6-14-7-2-9-8(12)13-5-4-11/h10-11H,1-7H2,(H,9,12). The molecule has 1 amide bonds. The van der Waals surface area contributed by atoms with Crippen molar-refractivity contribution in [1.82, 2.24) is 5.32 Å². The van der Waals surface area contributed by atoms with Gasteiger partial charge in [-0.15, -0.1) is 0 Å². The van der Waals surface area contributed by atoms with Crippen LogP contribution in [0.25, 0.3) is 0 Å². The Morgan fingerprint density at radius 1 is 1.29 bits per heavy atom. The first-order valence-electron chi connectivity index (χ1n) is 4.51. The highest BCUT2D eigenvalue weighted by Crippen LogP contribution is 1.99. The van der Waals surface area contributed by atoms with E-state index in [0.717, 1.165) is 17.9 Å². The van der Waals surface area contributed by atoms with Crippen molar-refractivity contribution in [3.8, 4) is 0 Å². The van der Waals surface area contributed by atoms with Crippen molar-refractivity contribution >= 4 is 17.9 Å². The summed E-state index contributed by atoms with van der Waals surface area (Å²) < 4.78 is 4.57. The van der Waals surface area contributed by atoms with Crippen LogP contribution in [-0.4, -0.2) is 54.2 Å². The van der Waals surface area contributed by atoms with E-state index in [4.69, 9.17) is 10.2 Å². The molecule has 0 bridgehead atoms.